The minimum absolute atomic E-state index is 0.0884. The second-order valence-corrected chi connectivity index (χ2v) is 8.32. The summed E-state index contributed by atoms with van der Waals surface area (Å²) in [6, 6.07) is 17.6. The highest BCUT2D eigenvalue weighted by atomic mass is 32.2. The lowest BCUT2D eigenvalue weighted by Gasteiger charge is -2.12. The van der Waals surface area contributed by atoms with Crippen LogP contribution in [0, 0.1) is 0 Å². The Hall–Kier alpha value is -3.40. The summed E-state index contributed by atoms with van der Waals surface area (Å²) >= 11 is 1.24. The Kier molecular flexibility index (Phi) is 7.34. The number of thioether (sulfide) groups is 1. The third-order valence-electron chi connectivity index (χ3n) is 5.14. The normalized spacial score (nSPS) is 13.6. The molecule has 10 heteroatoms. The SMILES string of the molecule is O=C(COc1ccccc1-c1ccccc1)NNC(=O)CSc1nnnn1C1CCCC1. The molecule has 1 aromatic heterocycles. The van der Waals surface area contributed by atoms with E-state index < -0.39 is 5.91 Å². The van der Waals surface area contributed by atoms with Gasteiger partial charge in [0.05, 0.1) is 11.8 Å². The monoisotopic (exact) mass is 452 g/mol. The molecule has 0 unspecified atom stereocenters. The van der Waals surface area contributed by atoms with Crippen LogP contribution in [0.4, 0.5) is 0 Å². The van der Waals surface area contributed by atoms with Gasteiger partial charge in [-0.1, -0.05) is 73.1 Å². The molecular weight excluding hydrogens is 428 g/mol. The van der Waals surface area contributed by atoms with Gasteiger partial charge in [0.1, 0.15) is 5.75 Å². The molecule has 32 heavy (non-hydrogen) atoms. The average molecular weight is 453 g/mol. The van der Waals surface area contributed by atoms with Gasteiger partial charge >= 0.3 is 0 Å². The summed E-state index contributed by atoms with van der Waals surface area (Å²) in [5, 5.41) is 12.4. The zero-order valence-electron chi connectivity index (χ0n) is 17.4. The molecule has 0 bridgehead atoms. The standard InChI is InChI=1S/C22H24N6O3S/c29-20(14-31-19-13-7-6-12-18(19)16-8-2-1-3-9-16)23-24-21(30)15-32-22-25-26-27-28(22)17-10-4-5-11-17/h1-3,6-9,12-13,17H,4-5,10-11,14-15H2,(H,23,29)(H,24,30). The second kappa shape index (κ2) is 10.8. The Balaban J connectivity index is 1.22. The highest BCUT2D eigenvalue weighted by Gasteiger charge is 2.22. The van der Waals surface area contributed by atoms with Crippen molar-refractivity contribution in [2.24, 2.45) is 0 Å². The van der Waals surface area contributed by atoms with Gasteiger partial charge < -0.3 is 4.74 Å². The van der Waals surface area contributed by atoms with Crippen molar-refractivity contribution in [2.45, 2.75) is 36.9 Å². The van der Waals surface area contributed by atoms with Crippen molar-refractivity contribution >= 4 is 23.6 Å². The maximum Gasteiger partial charge on any atom is 0.276 e. The molecule has 2 amide bonds. The summed E-state index contributed by atoms with van der Waals surface area (Å²) in [4.78, 5) is 24.3. The van der Waals surface area contributed by atoms with E-state index in [-0.39, 0.29) is 18.3 Å². The fraction of sp³-hybridized carbons (Fsp3) is 0.318. The van der Waals surface area contributed by atoms with Crippen LogP contribution >= 0.6 is 11.8 Å². The number of hydrazine groups is 1. The van der Waals surface area contributed by atoms with Crippen LogP contribution in [0.5, 0.6) is 5.75 Å². The van der Waals surface area contributed by atoms with Crippen LogP contribution in [0.1, 0.15) is 31.7 Å². The topological polar surface area (TPSA) is 111 Å². The third kappa shape index (κ3) is 5.64. The van der Waals surface area contributed by atoms with Crippen molar-refractivity contribution in [2.75, 3.05) is 12.4 Å². The van der Waals surface area contributed by atoms with E-state index in [0.717, 1.165) is 24.0 Å². The number of rotatable bonds is 8. The lowest BCUT2D eigenvalue weighted by atomic mass is 10.1. The predicted molar refractivity (Wildman–Crippen MR) is 120 cm³/mol. The largest absolute Gasteiger partial charge is 0.483 e. The Morgan fingerprint density at radius 1 is 1.00 bits per heavy atom. The Bertz CT molecular complexity index is 1050. The highest BCUT2D eigenvalue weighted by Crippen LogP contribution is 2.31. The van der Waals surface area contributed by atoms with Crippen molar-refractivity contribution in [3.05, 3.63) is 54.6 Å². The number of amides is 2. The summed E-state index contributed by atoms with van der Waals surface area (Å²) in [5.74, 6) is -0.129. The highest BCUT2D eigenvalue weighted by molar-refractivity contribution is 7.99. The van der Waals surface area contributed by atoms with Gasteiger partial charge in [-0.25, -0.2) is 4.68 Å². The van der Waals surface area contributed by atoms with Crippen LogP contribution in [-0.4, -0.2) is 44.4 Å². The second-order valence-electron chi connectivity index (χ2n) is 7.38. The first-order valence-corrected chi connectivity index (χ1v) is 11.4. The molecule has 0 atom stereocenters. The van der Waals surface area contributed by atoms with Crippen LogP contribution in [0.15, 0.2) is 59.8 Å². The van der Waals surface area contributed by atoms with E-state index in [1.807, 2.05) is 48.5 Å². The van der Waals surface area contributed by atoms with Gasteiger partial charge in [0.2, 0.25) is 11.1 Å². The molecule has 0 spiro atoms. The predicted octanol–water partition coefficient (Wildman–Crippen LogP) is 2.77. The number of carbonyl (C=O) groups is 2. The molecule has 9 nitrogen and oxygen atoms in total. The van der Waals surface area contributed by atoms with Crippen molar-refractivity contribution in [1.82, 2.24) is 31.1 Å². The number of benzene rings is 2. The van der Waals surface area contributed by atoms with Crippen molar-refractivity contribution in [3.8, 4) is 16.9 Å². The van der Waals surface area contributed by atoms with Crippen molar-refractivity contribution in [3.63, 3.8) is 0 Å². The summed E-state index contributed by atoms with van der Waals surface area (Å²) in [5.41, 5.74) is 6.66. The molecule has 4 rings (SSSR count). The fourth-order valence-corrected chi connectivity index (χ4v) is 4.34. The number of aromatic nitrogens is 4. The molecule has 166 valence electrons. The first-order valence-electron chi connectivity index (χ1n) is 10.5. The van der Waals surface area contributed by atoms with Gasteiger partial charge in [-0.2, -0.15) is 0 Å². The molecule has 0 aliphatic heterocycles. The molecule has 3 aromatic rings. The molecule has 2 N–H and O–H groups in total. The molecular formula is C22H24N6O3S. The van der Waals surface area contributed by atoms with Crippen LogP contribution in [0.3, 0.4) is 0 Å². The van der Waals surface area contributed by atoms with E-state index in [0.29, 0.717) is 16.9 Å². The maximum atomic E-state index is 12.1. The summed E-state index contributed by atoms with van der Waals surface area (Å²) in [7, 11) is 0. The van der Waals surface area contributed by atoms with Gasteiger partial charge in [0.15, 0.2) is 6.61 Å². The van der Waals surface area contributed by atoms with E-state index in [4.69, 9.17) is 4.74 Å². The van der Waals surface area contributed by atoms with Crippen LogP contribution in [0.2, 0.25) is 0 Å². The third-order valence-corrected chi connectivity index (χ3v) is 6.07. The molecule has 0 radical (unpaired) electrons. The van der Waals surface area contributed by atoms with Crippen molar-refractivity contribution < 1.29 is 14.3 Å². The van der Waals surface area contributed by atoms with Crippen LogP contribution in [-0.2, 0) is 9.59 Å². The number of nitrogens with zero attached hydrogens (tertiary/aromatic N) is 4. The smallest absolute Gasteiger partial charge is 0.276 e. The zero-order valence-corrected chi connectivity index (χ0v) is 18.3. The molecule has 2 aromatic carbocycles. The van der Waals surface area contributed by atoms with Gasteiger partial charge in [-0.3, -0.25) is 20.4 Å². The molecule has 1 saturated carbocycles. The first-order chi connectivity index (χ1) is 15.7. The number of hydrogen-bond donors (Lipinski definition) is 2. The van der Waals surface area contributed by atoms with Gasteiger partial charge in [-0.15, -0.1) is 5.10 Å². The quantitative estimate of drug-likeness (QED) is 0.399. The van der Waals surface area contributed by atoms with Crippen LogP contribution in [0.25, 0.3) is 11.1 Å². The average Bonchev–Trinajstić information content (AvgIpc) is 3.52. The number of nitrogens with one attached hydrogen (secondary N) is 2. The van der Waals surface area contributed by atoms with Crippen molar-refractivity contribution in [1.29, 1.82) is 0 Å². The van der Waals surface area contributed by atoms with E-state index in [2.05, 4.69) is 26.4 Å². The minimum atomic E-state index is -0.456. The minimum Gasteiger partial charge on any atom is -0.483 e. The number of ether oxygens (including phenoxy) is 1. The number of hydrogen-bond acceptors (Lipinski definition) is 7. The van der Waals surface area contributed by atoms with Gasteiger partial charge in [-0.05, 0) is 34.9 Å². The van der Waals surface area contributed by atoms with E-state index in [9.17, 15) is 9.59 Å². The fourth-order valence-electron chi connectivity index (χ4n) is 3.59. The van der Waals surface area contributed by atoms with Gasteiger partial charge in [0.25, 0.3) is 5.91 Å². The lowest BCUT2D eigenvalue weighted by Crippen LogP contribution is -2.44. The zero-order chi connectivity index (χ0) is 22.2. The number of tetrazole rings is 1. The van der Waals surface area contributed by atoms with E-state index in [1.54, 1.807) is 10.7 Å². The first kappa shape index (κ1) is 21.8. The molecule has 1 aliphatic carbocycles. The van der Waals surface area contributed by atoms with E-state index >= 15 is 0 Å². The maximum absolute atomic E-state index is 12.1. The summed E-state index contributed by atoms with van der Waals surface area (Å²) in [6.07, 6.45) is 4.43. The Labute approximate surface area is 189 Å². The van der Waals surface area contributed by atoms with Crippen LogP contribution < -0.4 is 15.6 Å². The van der Waals surface area contributed by atoms with E-state index in [1.165, 1.54) is 24.6 Å². The Morgan fingerprint density at radius 3 is 2.53 bits per heavy atom. The number of para-hydroxylation sites is 1. The Morgan fingerprint density at radius 2 is 1.72 bits per heavy atom. The molecule has 1 aliphatic rings. The summed E-state index contributed by atoms with van der Waals surface area (Å²) in [6.45, 7) is -0.225. The molecule has 0 saturated heterocycles. The molecule has 1 fully saturated rings. The molecule has 1 heterocycles. The summed E-state index contributed by atoms with van der Waals surface area (Å²) < 4.78 is 7.47. The van der Waals surface area contributed by atoms with Gasteiger partial charge in [0, 0.05) is 5.56 Å². The lowest BCUT2D eigenvalue weighted by molar-refractivity contribution is -0.128. The number of carbonyl (C=O) groups excluding carboxylic acids is 2.